The first-order chi connectivity index (χ1) is 20.1. The van der Waals surface area contributed by atoms with E-state index in [1.807, 2.05) is 0 Å². The molecule has 3 aromatic rings. The number of aryl methyl sites for hydroxylation is 1. The maximum absolute atomic E-state index is 13.2. The zero-order chi connectivity index (χ0) is 30.2. The van der Waals surface area contributed by atoms with Crippen LogP contribution in [0.1, 0.15) is 31.8 Å². The van der Waals surface area contributed by atoms with Crippen LogP contribution in [0, 0.1) is 6.92 Å². The van der Waals surface area contributed by atoms with Crippen LogP contribution in [-0.2, 0) is 16.0 Å². The summed E-state index contributed by atoms with van der Waals surface area (Å²) >= 11 is 18.6. The number of amides is 2. The van der Waals surface area contributed by atoms with Crippen molar-refractivity contribution in [1.82, 2.24) is 15.1 Å². The van der Waals surface area contributed by atoms with Crippen LogP contribution in [0.15, 0.2) is 60.7 Å². The smallest absolute Gasteiger partial charge is 0.329 e. The lowest BCUT2D eigenvalue weighted by Crippen LogP contribution is -2.47. The van der Waals surface area contributed by atoms with Crippen molar-refractivity contribution in [3.63, 3.8) is 0 Å². The van der Waals surface area contributed by atoms with E-state index in [1.165, 1.54) is 0 Å². The van der Waals surface area contributed by atoms with Crippen molar-refractivity contribution >= 4 is 58.3 Å². The number of nitrogens with zero attached hydrogens (tertiary/aromatic N) is 2. The predicted octanol–water partition coefficient (Wildman–Crippen LogP) is 5.34. The number of hydrogen-bond donors (Lipinski definition) is 2. The molecule has 0 unspecified atom stereocenters. The molecule has 8 nitrogen and oxygen atoms in total. The van der Waals surface area contributed by atoms with Gasteiger partial charge in [0.15, 0.2) is 0 Å². The fourth-order valence-electron chi connectivity index (χ4n) is 4.66. The first-order valence-electron chi connectivity index (χ1n) is 13.6. The number of esters is 1. The monoisotopic (exact) mass is 630 g/mol. The van der Waals surface area contributed by atoms with E-state index < -0.39 is 23.8 Å². The van der Waals surface area contributed by atoms with Crippen molar-refractivity contribution < 1.29 is 19.1 Å². The van der Waals surface area contributed by atoms with Gasteiger partial charge in [0.05, 0.1) is 26.2 Å². The van der Waals surface area contributed by atoms with E-state index in [4.69, 9.17) is 39.5 Å². The highest BCUT2D eigenvalue weighted by Gasteiger charge is 2.26. The van der Waals surface area contributed by atoms with E-state index in [-0.39, 0.29) is 28.6 Å². The number of carbonyl (C=O) groups is 3. The minimum absolute atomic E-state index is 0.174. The van der Waals surface area contributed by atoms with Crippen molar-refractivity contribution in [2.45, 2.75) is 19.4 Å². The number of ether oxygens (including phenoxy) is 1. The fourth-order valence-corrected chi connectivity index (χ4v) is 5.54. The number of piperazine rings is 1. The predicted molar refractivity (Wildman–Crippen MR) is 167 cm³/mol. The molecule has 1 saturated heterocycles. The molecule has 0 spiro atoms. The average Bonchev–Trinajstić information content (AvgIpc) is 2.94. The summed E-state index contributed by atoms with van der Waals surface area (Å²) in [5.74, 6) is -1.44. The number of hydrogen-bond acceptors (Lipinski definition) is 6. The number of halogens is 3. The van der Waals surface area contributed by atoms with Crippen LogP contribution < -0.4 is 10.6 Å². The summed E-state index contributed by atoms with van der Waals surface area (Å²) < 4.78 is 5.63. The third-order valence-electron chi connectivity index (χ3n) is 7.13. The summed E-state index contributed by atoms with van der Waals surface area (Å²) in [5.41, 5.74) is 2.45. The fraction of sp³-hybridized carbons (Fsp3) is 0.323. The van der Waals surface area contributed by atoms with Crippen LogP contribution in [0.4, 0.5) is 5.69 Å². The van der Waals surface area contributed by atoms with E-state index in [0.29, 0.717) is 28.4 Å². The van der Waals surface area contributed by atoms with Gasteiger partial charge in [-0.15, -0.1) is 0 Å². The highest BCUT2D eigenvalue weighted by atomic mass is 35.5. The molecule has 1 aliphatic heterocycles. The van der Waals surface area contributed by atoms with Crippen molar-refractivity contribution in [2.24, 2.45) is 0 Å². The third-order valence-corrected chi connectivity index (χ3v) is 8.07. The van der Waals surface area contributed by atoms with Gasteiger partial charge in [-0.1, -0.05) is 65.1 Å². The van der Waals surface area contributed by atoms with Crippen molar-refractivity contribution in [1.29, 1.82) is 0 Å². The first kappa shape index (κ1) is 31.8. The third kappa shape index (κ3) is 8.46. The SMILES string of the molecule is Cc1cccc(Cl)c1C(=O)N[C@@H](Cc1ccc(NC(=O)c2c(Cl)cccc2Cl)cc1)C(=O)OCCN1CCN(C)CC1. The van der Waals surface area contributed by atoms with Gasteiger partial charge in [0, 0.05) is 44.8 Å². The van der Waals surface area contributed by atoms with Crippen molar-refractivity contribution in [3.8, 4) is 0 Å². The normalized spacial score (nSPS) is 14.7. The number of rotatable bonds is 10. The Kier molecular flexibility index (Phi) is 11.2. The molecule has 1 heterocycles. The highest BCUT2D eigenvalue weighted by Crippen LogP contribution is 2.25. The van der Waals surface area contributed by atoms with Crippen molar-refractivity contribution in [2.75, 3.05) is 51.7 Å². The average molecular weight is 632 g/mol. The molecule has 1 atom stereocenters. The molecule has 42 heavy (non-hydrogen) atoms. The minimum atomic E-state index is -0.956. The van der Waals surface area contributed by atoms with Crippen LogP contribution in [-0.4, -0.2) is 80.0 Å². The second-order valence-electron chi connectivity index (χ2n) is 10.2. The standard InChI is InChI=1S/C31H33Cl3N4O4/c1-20-5-3-6-23(32)27(20)29(39)36-26(31(41)42-18-17-38-15-13-37(2)14-16-38)19-21-9-11-22(12-10-21)35-30(40)28-24(33)7-4-8-25(28)34/h3-12,26H,13-19H2,1-2H3,(H,35,40)(H,36,39)/t26-/m0/s1. The van der Waals surface area contributed by atoms with Gasteiger partial charge >= 0.3 is 5.97 Å². The molecule has 1 fully saturated rings. The van der Waals surface area contributed by atoms with E-state index in [9.17, 15) is 14.4 Å². The number of nitrogens with one attached hydrogen (secondary N) is 2. The Hall–Kier alpha value is -3.14. The van der Waals surface area contributed by atoms with E-state index in [2.05, 4.69) is 27.5 Å². The molecule has 3 aromatic carbocycles. The maximum Gasteiger partial charge on any atom is 0.329 e. The Balaban J connectivity index is 1.44. The molecule has 0 radical (unpaired) electrons. The van der Waals surface area contributed by atoms with Gasteiger partial charge in [-0.2, -0.15) is 0 Å². The molecule has 11 heteroatoms. The summed E-state index contributed by atoms with van der Waals surface area (Å²) in [5, 5.41) is 6.39. The van der Waals surface area contributed by atoms with E-state index in [1.54, 1.807) is 67.6 Å². The van der Waals surface area contributed by atoms with Crippen LogP contribution >= 0.6 is 34.8 Å². The van der Waals surface area contributed by atoms with Crippen LogP contribution in [0.25, 0.3) is 0 Å². The largest absolute Gasteiger partial charge is 0.463 e. The molecule has 4 rings (SSSR count). The molecule has 1 aliphatic rings. The molecular weight excluding hydrogens is 599 g/mol. The molecule has 0 aromatic heterocycles. The Morgan fingerprint density at radius 3 is 2.05 bits per heavy atom. The number of likely N-dealkylation sites (N-methyl/N-ethyl adjacent to an activating group) is 1. The van der Waals surface area contributed by atoms with Gasteiger partial charge in [-0.05, 0) is 55.4 Å². The highest BCUT2D eigenvalue weighted by molar-refractivity contribution is 6.40. The Bertz CT molecular complexity index is 1390. The first-order valence-corrected chi connectivity index (χ1v) is 14.7. The lowest BCUT2D eigenvalue weighted by molar-refractivity contribution is -0.146. The van der Waals surface area contributed by atoms with Gasteiger partial charge in [-0.25, -0.2) is 4.79 Å². The Morgan fingerprint density at radius 2 is 1.43 bits per heavy atom. The van der Waals surface area contributed by atoms with Gasteiger partial charge < -0.3 is 20.3 Å². The summed E-state index contributed by atoms with van der Waals surface area (Å²) in [6.45, 7) is 6.37. The van der Waals surface area contributed by atoms with Gasteiger partial charge in [0.2, 0.25) is 0 Å². The Morgan fingerprint density at radius 1 is 0.833 bits per heavy atom. The molecule has 0 aliphatic carbocycles. The van der Waals surface area contributed by atoms with E-state index in [0.717, 1.165) is 31.7 Å². The van der Waals surface area contributed by atoms with Gasteiger partial charge in [-0.3, -0.25) is 14.5 Å². The van der Waals surface area contributed by atoms with Crippen LogP contribution in [0.2, 0.25) is 15.1 Å². The second kappa shape index (κ2) is 14.8. The molecular formula is C31H33Cl3N4O4. The van der Waals surface area contributed by atoms with Crippen molar-refractivity contribution in [3.05, 3.63) is 98.0 Å². The minimum Gasteiger partial charge on any atom is -0.463 e. The zero-order valence-corrected chi connectivity index (χ0v) is 25.7. The quantitative estimate of drug-likeness (QED) is 0.294. The van der Waals surface area contributed by atoms with Crippen LogP contribution in [0.5, 0.6) is 0 Å². The summed E-state index contributed by atoms with van der Waals surface area (Å²) in [4.78, 5) is 43.7. The van der Waals surface area contributed by atoms with Gasteiger partial charge in [0.1, 0.15) is 12.6 Å². The molecule has 0 bridgehead atoms. The number of anilines is 1. The molecule has 0 saturated carbocycles. The number of benzene rings is 3. The van der Waals surface area contributed by atoms with Crippen LogP contribution in [0.3, 0.4) is 0 Å². The Labute approximate surface area is 260 Å². The summed E-state index contributed by atoms with van der Waals surface area (Å²) in [7, 11) is 2.08. The molecule has 2 amide bonds. The van der Waals surface area contributed by atoms with E-state index >= 15 is 0 Å². The maximum atomic E-state index is 13.2. The lowest BCUT2D eigenvalue weighted by atomic mass is 10.0. The molecule has 2 N–H and O–H groups in total. The summed E-state index contributed by atoms with van der Waals surface area (Å²) in [6, 6.07) is 16.0. The topological polar surface area (TPSA) is 91.0 Å². The second-order valence-corrected chi connectivity index (χ2v) is 11.4. The van der Waals surface area contributed by atoms with Gasteiger partial charge in [0.25, 0.3) is 11.8 Å². The zero-order valence-electron chi connectivity index (χ0n) is 23.5. The molecule has 222 valence electrons. The number of carbonyl (C=O) groups excluding carboxylic acids is 3. The summed E-state index contributed by atoms with van der Waals surface area (Å²) in [6.07, 6.45) is 0.174. The lowest BCUT2D eigenvalue weighted by Gasteiger charge is -2.32.